The average Bonchev–Trinajstić information content (AvgIpc) is 2.43. The van der Waals surface area contributed by atoms with Crippen molar-refractivity contribution in [1.29, 1.82) is 0 Å². The minimum absolute atomic E-state index is 0.0692. The van der Waals surface area contributed by atoms with Crippen molar-refractivity contribution in [2.24, 2.45) is 0 Å². The van der Waals surface area contributed by atoms with E-state index in [1.807, 2.05) is 38.1 Å². The normalized spacial score (nSPS) is 10.2. The fourth-order valence-corrected chi connectivity index (χ4v) is 2.08. The number of non-ortho nitro benzene ring substituents is 1. The molecule has 5 nitrogen and oxygen atoms in total. The molecule has 0 aliphatic rings. The molecular weight excluding hydrogens is 266 g/mol. The molecule has 0 saturated carbocycles. The molecule has 5 heteroatoms. The van der Waals surface area contributed by atoms with Crippen LogP contribution in [0.3, 0.4) is 0 Å². The molecule has 0 fully saturated rings. The van der Waals surface area contributed by atoms with Gasteiger partial charge in [0.25, 0.3) is 5.69 Å². The molecule has 0 unspecified atom stereocenters. The predicted molar refractivity (Wildman–Crippen MR) is 86.5 cm³/mol. The maximum atomic E-state index is 11.0. The molecule has 2 rings (SSSR count). The number of aryl methyl sites for hydroxylation is 2. The zero-order valence-corrected chi connectivity index (χ0v) is 12.4. The number of rotatable bonds is 5. The highest BCUT2D eigenvalue weighted by molar-refractivity contribution is 5.69. The van der Waals surface area contributed by atoms with Crippen LogP contribution in [0.1, 0.15) is 18.1 Å². The van der Waals surface area contributed by atoms with E-state index in [1.54, 1.807) is 0 Å². The van der Waals surface area contributed by atoms with Crippen LogP contribution in [0.5, 0.6) is 0 Å². The summed E-state index contributed by atoms with van der Waals surface area (Å²) >= 11 is 0. The third-order valence-electron chi connectivity index (χ3n) is 3.31. The van der Waals surface area contributed by atoms with E-state index in [0.717, 1.165) is 11.4 Å². The van der Waals surface area contributed by atoms with E-state index in [2.05, 4.69) is 17.6 Å². The molecule has 0 atom stereocenters. The molecule has 0 saturated heterocycles. The van der Waals surface area contributed by atoms with Crippen molar-refractivity contribution < 1.29 is 4.92 Å². The number of hydrogen-bond donors (Lipinski definition) is 2. The molecule has 2 aromatic rings. The number of hydrogen-bond acceptors (Lipinski definition) is 4. The van der Waals surface area contributed by atoms with Crippen LogP contribution in [-0.2, 0) is 0 Å². The van der Waals surface area contributed by atoms with Crippen molar-refractivity contribution in [1.82, 2.24) is 0 Å². The number of nitro benzene ring substituents is 1. The largest absolute Gasteiger partial charge is 0.385 e. The van der Waals surface area contributed by atoms with E-state index in [1.165, 1.54) is 23.3 Å². The van der Waals surface area contributed by atoms with Gasteiger partial charge in [-0.15, -0.1) is 0 Å². The van der Waals surface area contributed by atoms with Gasteiger partial charge in [-0.3, -0.25) is 10.1 Å². The second-order valence-corrected chi connectivity index (χ2v) is 4.98. The van der Waals surface area contributed by atoms with E-state index in [4.69, 9.17) is 0 Å². The molecule has 2 aromatic carbocycles. The van der Waals surface area contributed by atoms with Crippen LogP contribution in [0, 0.1) is 24.0 Å². The van der Waals surface area contributed by atoms with Crippen molar-refractivity contribution in [3.8, 4) is 0 Å². The van der Waals surface area contributed by atoms with Crippen LogP contribution in [0.15, 0.2) is 36.4 Å². The lowest BCUT2D eigenvalue weighted by molar-refractivity contribution is -0.384. The number of anilines is 3. The first-order valence-electron chi connectivity index (χ1n) is 6.87. The van der Waals surface area contributed by atoms with Crippen LogP contribution in [-0.4, -0.2) is 11.5 Å². The molecule has 0 spiro atoms. The van der Waals surface area contributed by atoms with E-state index >= 15 is 0 Å². The smallest absolute Gasteiger partial charge is 0.273 e. The molecule has 110 valence electrons. The first-order valence-corrected chi connectivity index (χ1v) is 6.87. The number of nitro groups is 1. The van der Waals surface area contributed by atoms with Gasteiger partial charge < -0.3 is 10.6 Å². The van der Waals surface area contributed by atoms with Crippen LogP contribution in [0.2, 0.25) is 0 Å². The van der Waals surface area contributed by atoms with Crippen LogP contribution >= 0.6 is 0 Å². The van der Waals surface area contributed by atoms with Crippen molar-refractivity contribution in [3.63, 3.8) is 0 Å². The summed E-state index contributed by atoms with van der Waals surface area (Å²) in [5, 5.41) is 17.3. The fraction of sp³-hybridized carbons (Fsp3) is 0.250. The van der Waals surface area contributed by atoms with Gasteiger partial charge in [0.1, 0.15) is 0 Å². The second-order valence-electron chi connectivity index (χ2n) is 4.98. The summed E-state index contributed by atoms with van der Waals surface area (Å²) in [6, 6.07) is 11.0. The molecule has 0 radical (unpaired) electrons. The lowest BCUT2D eigenvalue weighted by atomic mass is 10.1. The quantitative estimate of drug-likeness (QED) is 0.631. The minimum atomic E-state index is -0.383. The summed E-state index contributed by atoms with van der Waals surface area (Å²) < 4.78 is 0. The maximum absolute atomic E-state index is 11.0. The first kappa shape index (κ1) is 14.8. The summed E-state index contributed by atoms with van der Waals surface area (Å²) in [5.74, 6) is 0. The van der Waals surface area contributed by atoms with Crippen molar-refractivity contribution >= 4 is 22.7 Å². The zero-order valence-electron chi connectivity index (χ0n) is 12.4. The van der Waals surface area contributed by atoms with Crippen LogP contribution < -0.4 is 10.6 Å². The Labute approximate surface area is 124 Å². The van der Waals surface area contributed by atoms with E-state index in [0.29, 0.717) is 12.2 Å². The van der Waals surface area contributed by atoms with E-state index < -0.39 is 0 Å². The number of nitrogens with one attached hydrogen (secondary N) is 2. The van der Waals surface area contributed by atoms with Crippen molar-refractivity contribution in [2.45, 2.75) is 20.8 Å². The molecule has 0 aromatic heterocycles. The number of nitrogens with zero attached hydrogens (tertiary/aromatic N) is 1. The average molecular weight is 285 g/mol. The number of benzene rings is 2. The third kappa shape index (κ3) is 3.72. The molecule has 0 bridgehead atoms. The highest BCUT2D eigenvalue weighted by Gasteiger charge is 2.10. The van der Waals surface area contributed by atoms with Gasteiger partial charge in [0.05, 0.1) is 4.92 Å². The van der Waals surface area contributed by atoms with E-state index in [9.17, 15) is 10.1 Å². The minimum Gasteiger partial charge on any atom is -0.385 e. The zero-order chi connectivity index (χ0) is 15.4. The van der Waals surface area contributed by atoms with Gasteiger partial charge in [-0.1, -0.05) is 6.07 Å². The van der Waals surface area contributed by atoms with Gasteiger partial charge in [0.15, 0.2) is 0 Å². The van der Waals surface area contributed by atoms with Crippen molar-refractivity contribution in [2.75, 3.05) is 17.2 Å². The van der Waals surface area contributed by atoms with Gasteiger partial charge in [-0.25, -0.2) is 0 Å². The monoisotopic (exact) mass is 285 g/mol. The van der Waals surface area contributed by atoms with Gasteiger partial charge in [0, 0.05) is 35.7 Å². The lowest BCUT2D eigenvalue weighted by Crippen LogP contribution is -2.00. The lowest BCUT2D eigenvalue weighted by Gasteiger charge is -2.11. The van der Waals surface area contributed by atoms with Gasteiger partial charge >= 0.3 is 0 Å². The fourth-order valence-electron chi connectivity index (χ4n) is 2.08. The summed E-state index contributed by atoms with van der Waals surface area (Å²) in [6.07, 6.45) is 0. The molecule has 0 heterocycles. The SMILES string of the molecule is CCNc1cc(Nc2ccc(C)c(C)c2)cc([N+](=O)[O-])c1. The topological polar surface area (TPSA) is 67.2 Å². The summed E-state index contributed by atoms with van der Waals surface area (Å²) in [5.41, 5.74) is 4.81. The van der Waals surface area contributed by atoms with E-state index in [-0.39, 0.29) is 10.6 Å². The van der Waals surface area contributed by atoms with Crippen molar-refractivity contribution in [3.05, 3.63) is 57.6 Å². The van der Waals surface area contributed by atoms with Gasteiger partial charge in [-0.05, 0) is 50.1 Å². The Hall–Kier alpha value is -2.56. The third-order valence-corrected chi connectivity index (χ3v) is 3.31. The van der Waals surface area contributed by atoms with Gasteiger partial charge in [-0.2, -0.15) is 0 Å². The highest BCUT2D eigenvalue weighted by Crippen LogP contribution is 2.27. The molecule has 0 amide bonds. The molecule has 0 aliphatic carbocycles. The first-order chi connectivity index (χ1) is 9.99. The van der Waals surface area contributed by atoms with Gasteiger partial charge in [0.2, 0.25) is 0 Å². The summed E-state index contributed by atoms with van der Waals surface area (Å²) in [7, 11) is 0. The Morgan fingerprint density at radius 1 is 1.00 bits per heavy atom. The second kappa shape index (κ2) is 6.26. The maximum Gasteiger partial charge on any atom is 0.273 e. The summed E-state index contributed by atoms with van der Waals surface area (Å²) in [6.45, 7) is 6.76. The predicted octanol–water partition coefficient (Wildman–Crippen LogP) is 4.39. The molecular formula is C16H19N3O2. The Kier molecular flexibility index (Phi) is 4.42. The Balaban J connectivity index is 2.33. The standard InChI is InChI=1S/C16H19N3O2/c1-4-17-14-8-15(10-16(9-14)19(20)21)18-13-6-5-11(2)12(3)7-13/h5-10,17-18H,4H2,1-3H3. The molecule has 2 N–H and O–H groups in total. The highest BCUT2D eigenvalue weighted by atomic mass is 16.6. The Morgan fingerprint density at radius 2 is 1.71 bits per heavy atom. The Morgan fingerprint density at radius 3 is 2.33 bits per heavy atom. The molecule has 21 heavy (non-hydrogen) atoms. The van der Waals surface area contributed by atoms with Crippen LogP contribution in [0.25, 0.3) is 0 Å². The van der Waals surface area contributed by atoms with Crippen LogP contribution in [0.4, 0.5) is 22.7 Å². The summed E-state index contributed by atoms with van der Waals surface area (Å²) in [4.78, 5) is 10.6. The molecule has 0 aliphatic heterocycles. The Bertz CT molecular complexity index is 669.